The molecule has 0 unspecified atom stereocenters. The summed E-state index contributed by atoms with van der Waals surface area (Å²) in [7, 11) is -2.62. The topological polar surface area (TPSA) is 106 Å². The van der Waals surface area contributed by atoms with Gasteiger partial charge in [-0.15, -0.1) is 0 Å². The molecular formula is C23H35F2N5O5Si2. The predicted molar refractivity (Wildman–Crippen MR) is 142 cm³/mol. The number of halogens is 2. The minimum absolute atomic E-state index is 0.0229. The number of ether oxygens (including phenoxy) is 3. The third-order valence-electron chi connectivity index (χ3n) is 5.65. The maximum atomic E-state index is 13.4. The predicted octanol–water partition coefficient (Wildman–Crippen LogP) is 6.03. The minimum atomic E-state index is -3.14. The van der Waals surface area contributed by atoms with Crippen LogP contribution in [0.3, 0.4) is 0 Å². The van der Waals surface area contributed by atoms with E-state index in [1.807, 2.05) is 0 Å². The van der Waals surface area contributed by atoms with Gasteiger partial charge in [-0.2, -0.15) is 19.0 Å². The van der Waals surface area contributed by atoms with E-state index < -0.39 is 27.7 Å². The van der Waals surface area contributed by atoms with Crippen LogP contribution in [0.4, 0.5) is 14.5 Å². The van der Waals surface area contributed by atoms with Crippen LogP contribution < -0.4 is 4.74 Å². The first kappa shape index (κ1) is 28.9. The average Bonchev–Trinajstić information content (AvgIpc) is 3.36. The van der Waals surface area contributed by atoms with Crippen LogP contribution in [-0.4, -0.2) is 60.5 Å². The van der Waals surface area contributed by atoms with E-state index in [0.29, 0.717) is 24.1 Å². The van der Waals surface area contributed by atoms with Gasteiger partial charge >= 0.3 is 12.3 Å². The summed E-state index contributed by atoms with van der Waals surface area (Å²) in [4.78, 5) is 11.2. The van der Waals surface area contributed by atoms with Crippen molar-refractivity contribution in [2.75, 3.05) is 13.2 Å². The van der Waals surface area contributed by atoms with E-state index in [1.165, 1.54) is 10.7 Å². The quantitative estimate of drug-likeness (QED) is 0.103. The summed E-state index contributed by atoms with van der Waals surface area (Å²) in [5.41, 5.74) is 0.293. The van der Waals surface area contributed by atoms with Gasteiger partial charge in [0.1, 0.15) is 25.4 Å². The molecule has 204 valence electrons. The zero-order valence-corrected chi connectivity index (χ0v) is 24.2. The number of aromatic nitrogens is 4. The van der Waals surface area contributed by atoms with Gasteiger partial charge in [0.25, 0.3) is 0 Å². The number of nitrogens with zero attached hydrogens (tertiary/aromatic N) is 5. The van der Waals surface area contributed by atoms with Gasteiger partial charge in [-0.25, -0.2) is 9.36 Å². The first-order chi connectivity index (χ1) is 17.2. The molecule has 0 aliphatic rings. The molecule has 0 bridgehead atoms. The highest BCUT2D eigenvalue weighted by Gasteiger charge is 2.27. The second kappa shape index (κ2) is 11.8. The molecule has 14 heteroatoms. The summed E-state index contributed by atoms with van der Waals surface area (Å²) in [5, 5.41) is 20.8. The maximum Gasteiger partial charge on any atom is 0.387 e. The molecule has 0 atom stereocenters. The second-order valence-electron chi connectivity index (χ2n) is 11.3. The normalized spacial score (nSPS) is 12.6. The maximum absolute atomic E-state index is 13.4. The monoisotopic (exact) mass is 555 g/mol. The van der Waals surface area contributed by atoms with Gasteiger partial charge in [-0.05, 0) is 18.2 Å². The van der Waals surface area contributed by atoms with Crippen LogP contribution in [0.2, 0.25) is 51.4 Å². The van der Waals surface area contributed by atoms with Gasteiger partial charge in [0.2, 0.25) is 0 Å². The molecular weight excluding hydrogens is 520 g/mol. The van der Waals surface area contributed by atoms with Crippen LogP contribution in [0.15, 0.2) is 24.5 Å². The molecule has 2 heterocycles. The lowest BCUT2D eigenvalue weighted by Crippen LogP contribution is -2.22. The summed E-state index contributed by atoms with van der Waals surface area (Å²) in [5.74, 6) is -0.224. The van der Waals surface area contributed by atoms with Crippen LogP contribution in [0.1, 0.15) is 0 Å². The Labute approximate surface area is 216 Å². The Kier molecular flexibility index (Phi) is 9.20. The van der Waals surface area contributed by atoms with Gasteiger partial charge in [0, 0.05) is 40.8 Å². The summed E-state index contributed by atoms with van der Waals surface area (Å²) in [6, 6.07) is 4.82. The molecule has 0 amide bonds. The molecule has 37 heavy (non-hydrogen) atoms. The van der Waals surface area contributed by atoms with Crippen LogP contribution >= 0.6 is 0 Å². The van der Waals surface area contributed by atoms with E-state index in [1.54, 1.807) is 16.9 Å². The summed E-state index contributed by atoms with van der Waals surface area (Å²) < 4.78 is 46.0. The SMILES string of the molecule is C[Si](C)(C)CCOCn1ncc([N+](=O)[O-])c1-c1cc2cnn(COCC[Si](C)(C)C)c2cc1OC(F)F. The Bertz CT molecular complexity index is 1220. The first-order valence-corrected chi connectivity index (χ1v) is 19.5. The second-order valence-corrected chi connectivity index (χ2v) is 22.5. The zero-order chi connectivity index (χ0) is 27.4. The van der Waals surface area contributed by atoms with Crippen molar-refractivity contribution in [2.24, 2.45) is 0 Å². The lowest BCUT2D eigenvalue weighted by Gasteiger charge is -2.17. The smallest absolute Gasteiger partial charge is 0.387 e. The molecule has 0 aliphatic heterocycles. The van der Waals surface area contributed by atoms with Crippen molar-refractivity contribution in [2.45, 2.75) is 71.4 Å². The molecule has 0 N–H and O–H groups in total. The third kappa shape index (κ3) is 8.15. The third-order valence-corrected chi connectivity index (χ3v) is 9.06. The van der Waals surface area contributed by atoms with Crippen molar-refractivity contribution >= 4 is 32.7 Å². The Balaban J connectivity index is 1.96. The fraction of sp³-hybridized carbons (Fsp3) is 0.565. The lowest BCUT2D eigenvalue weighted by molar-refractivity contribution is -0.384. The molecule has 0 fully saturated rings. The zero-order valence-electron chi connectivity index (χ0n) is 22.2. The molecule has 0 saturated heterocycles. The molecule has 10 nitrogen and oxygen atoms in total. The van der Waals surface area contributed by atoms with E-state index in [-0.39, 0.29) is 36.2 Å². The van der Waals surface area contributed by atoms with Gasteiger partial charge in [0.05, 0.1) is 22.2 Å². The van der Waals surface area contributed by atoms with Crippen molar-refractivity contribution in [1.29, 1.82) is 0 Å². The number of alkyl halides is 2. The van der Waals surface area contributed by atoms with Gasteiger partial charge < -0.3 is 14.2 Å². The number of hydrogen-bond donors (Lipinski definition) is 0. The fourth-order valence-corrected chi connectivity index (χ4v) is 5.04. The molecule has 3 rings (SSSR count). The molecule has 0 radical (unpaired) electrons. The first-order valence-electron chi connectivity index (χ1n) is 12.1. The fourth-order valence-electron chi connectivity index (χ4n) is 3.53. The van der Waals surface area contributed by atoms with E-state index in [4.69, 9.17) is 14.2 Å². The van der Waals surface area contributed by atoms with Crippen molar-refractivity contribution in [3.8, 4) is 17.0 Å². The lowest BCUT2D eigenvalue weighted by atomic mass is 10.1. The highest BCUT2D eigenvalue weighted by molar-refractivity contribution is 6.76. The van der Waals surface area contributed by atoms with Crippen molar-refractivity contribution < 1.29 is 27.9 Å². The Morgan fingerprint density at radius 1 is 0.946 bits per heavy atom. The Morgan fingerprint density at radius 2 is 1.51 bits per heavy atom. The molecule has 0 aliphatic carbocycles. The molecule has 1 aromatic carbocycles. The number of nitro groups is 1. The van der Waals surface area contributed by atoms with Crippen LogP contribution in [0.5, 0.6) is 5.75 Å². The number of rotatable bonds is 14. The van der Waals surface area contributed by atoms with E-state index >= 15 is 0 Å². The molecule has 2 aromatic heterocycles. The number of benzene rings is 1. The van der Waals surface area contributed by atoms with Gasteiger partial charge in [-0.3, -0.25) is 10.1 Å². The standard InChI is InChI=1S/C23H35F2N5O5Si2/c1-36(2,3)9-7-33-15-28-19-12-21(35-23(24)25)18(11-17(19)13-26-28)22-20(30(31)32)14-27-29(22)16-34-8-10-37(4,5)6/h11-14,23H,7-10,15-16H2,1-6H3. The Hall–Kier alpha value is -2.69. The van der Waals surface area contributed by atoms with Gasteiger partial charge in [0.15, 0.2) is 5.69 Å². The minimum Gasteiger partial charge on any atom is -0.434 e. The van der Waals surface area contributed by atoms with Crippen LogP contribution in [0, 0.1) is 10.1 Å². The molecule has 3 aromatic rings. The summed E-state index contributed by atoms with van der Waals surface area (Å²) >= 11 is 0. The van der Waals surface area contributed by atoms with E-state index in [0.717, 1.165) is 18.3 Å². The van der Waals surface area contributed by atoms with Crippen molar-refractivity contribution in [3.63, 3.8) is 0 Å². The molecule has 0 saturated carbocycles. The summed E-state index contributed by atoms with van der Waals surface area (Å²) in [6.45, 7) is 11.3. The Morgan fingerprint density at radius 3 is 2.05 bits per heavy atom. The highest BCUT2D eigenvalue weighted by Crippen LogP contribution is 2.39. The highest BCUT2D eigenvalue weighted by atomic mass is 28.3. The molecule has 0 spiro atoms. The van der Waals surface area contributed by atoms with E-state index in [2.05, 4.69) is 49.5 Å². The van der Waals surface area contributed by atoms with Gasteiger partial charge in [-0.1, -0.05) is 39.3 Å². The van der Waals surface area contributed by atoms with Crippen LogP contribution in [0.25, 0.3) is 22.2 Å². The van der Waals surface area contributed by atoms with Crippen LogP contribution in [-0.2, 0) is 22.9 Å². The van der Waals surface area contributed by atoms with Crippen molar-refractivity contribution in [1.82, 2.24) is 19.6 Å². The number of hydrogen-bond acceptors (Lipinski definition) is 7. The van der Waals surface area contributed by atoms with E-state index in [9.17, 15) is 18.9 Å². The number of fused-ring (bicyclic) bond motifs is 1. The summed E-state index contributed by atoms with van der Waals surface area (Å²) in [6.07, 6.45) is 2.65. The van der Waals surface area contributed by atoms with Crippen molar-refractivity contribution in [3.05, 3.63) is 34.6 Å². The largest absolute Gasteiger partial charge is 0.434 e. The average molecular weight is 556 g/mol.